The van der Waals surface area contributed by atoms with E-state index in [1.807, 2.05) is 52.9 Å². The van der Waals surface area contributed by atoms with E-state index in [9.17, 15) is 4.79 Å². The van der Waals surface area contributed by atoms with Crippen molar-refractivity contribution in [3.63, 3.8) is 0 Å². The first-order valence-electron chi connectivity index (χ1n) is 11.2. The summed E-state index contributed by atoms with van der Waals surface area (Å²) in [6.45, 7) is 7.20. The Kier molecular flexibility index (Phi) is 6.00. The summed E-state index contributed by atoms with van der Waals surface area (Å²) in [5.74, 6) is 0.741. The molecule has 1 saturated heterocycles. The average Bonchev–Trinajstić information content (AvgIpc) is 3.29. The highest BCUT2D eigenvalue weighted by molar-refractivity contribution is 7.22. The molecule has 0 atom stereocenters. The van der Waals surface area contributed by atoms with Gasteiger partial charge in [0.15, 0.2) is 17.4 Å². The Labute approximate surface area is 197 Å². The number of ether oxygens (including phenoxy) is 1. The van der Waals surface area contributed by atoms with Crippen LogP contribution in [-0.4, -0.2) is 58.4 Å². The highest BCUT2D eigenvalue weighted by Gasteiger charge is 2.23. The number of hydrogen-bond acceptors (Lipinski definition) is 6. The molecule has 0 unspecified atom stereocenters. The highest BCUT2D eigenvalue weighted by atomic mass is 32.1. The van der Waals surface area contributed by atoms with Crippen molar-refractivity contribution in [1.29, 1.82) is 0 Å². The number of benzene rings is 2. The molecule has 0 spiro atoms. The second kappa shape index (κ2) is 9.23. The Morgan fingerprint density at radius 1 is 1.03 bits per heavy atom. The third-order valence-electron chi connectivity index (χ3n) is 5.85. The largest absolute Gasteiger partial charge is 0.484 e. The Morgan fingerprint density at radius 3 is 2.70 bits per heavy atom. The van der Waals surface area contributed by atoms with E-state index in [2.05, 4.69) is 30.0 Å². The minimum absolute atomic E-state index is 0.0240. The minimum atomic E-state index is 0.0240. The smallest absolute Gasteiger partial charge is 0.260 e. The summed E-state index contributed by atoms with van der Waals surface area (Å²) < 4.78 is 8.70. The van der Waals surface area contributed by atoms with Gasteiger partial charge in [-0.05, 0) is 50.1 Å². The lowest BCUT2D eigenvalue weighted by atomic mass is 10.2. The minimum Gasteiger partial charge on any atom is -0.484 e. The summed E-state index contributed by atoms with van der Waals surface area (Å²) in [6, 6.07) is 17.8. The molecule has 33 heavy (non-hydrogen) atoms. The van der Waals surface area contributed by atoms with Crippen LogP contribution in [0, 0.1) is 13.8 Å². The summed E-state index contributed by atoms with van der Waals surface area (Å²) in [7, 11) is 0. The molecule has 1 aliphatic heterocycles. The van der Waals surface area contributed by atoms with Crippen LogP contribution in [0.4, 0.5) is 5.13 Å². The zero-order valence-electron chi connectivity index (χ0n) is 18.9. The molecule has 0 saturated carbocycles. The van der Waals surface area contributed by atoms with E-state index in [-0.39, 0.29) is 12.5 Å². The Balaban J connectivity index is 1.29. The second-order valence-corrected chi connectivity index (χ2v) is 9.29. The van der Waals surface area contributed by atoms with Crippen molar-refractivity contribution >= 4 is 32.7 Å². The molecular weight excluding hydrogens is 434 g/mol. The maximum absolute atomic E-state index is 12.7. The van der Waals surface area contributed by atoms with E-state index in [4.69, 9.17) is 14.8 Å². The van der Waals surface area contributed by atoms with E-state index in [1.54, 1.807) is 11.3 Å². The van der Waals surface area contributed by atoms with Gasteiger partial charge in [-0.15, -0.1) is 0 Å². The fourth-order valence-electron chi connectivity index (χ4n) is 4.11. The van der Waals surface area contributed by atoms with E-state index in [1.165, 1.54) is 5.56 Å². The first kappa shape index (κ1) is 21.5. The lowest BCUT2D eigenvalue weighted by molar-refractivity contribution is -0.133. The van der Waals surface area contributed by atoms with Crippen molar-refractivity contribution < 1.29 is 9.53 Å². The maximum Gasteiger partial charge on any atom is 0.260 e. The zero-order valence-corrected chi connectivity index (χ0v) is 19.7. The fraction of sp³-hybridized carbons (Fsp3) is 0.320. The summed E-state index contributed by atoms with van der Waals surface area (Å²) in [5.41, 5.74) is 4.10. The first-order chi connectivity index (χ1) is 16.1. The molecule has 4 aromatic rings. The molecule has 2 aromatic heterocycles. The van der Waals surface area contributed by atoms with Crippen LogP contribution in [0.15, 0.2) is 54.6 Å². The fourth-order valence-corrected chi connectivity index (χ4v) is 5.15. The van der Waals surface area contributed by atoms with Crippen molar-refractivity contribution in [3.8, 4) is 11.4 Å². The standard InChI is InChI=1S/C25H27N5O2S/c1-18-8-6-9-20(16-18)30-24-23(19(2)27-30)33-25(26-24)29-13-7-12-28(14-15-29)22(31)17-32-21-10-4-3-5-11-21/h3-6,8-11,16H,7,12-15,17H2,1-2H3. The quantitative estimate of drug-likeness (QED) is 0.445. The summed E-state index contributed by atoms with van der Waals surface area (Å²) in [6.07, 6.45) is 0.899. The molecule has 0 aliphatic carbocycles. The zero-order chi connectivity index (χ0) is 22.8. The monoisotopic (exact) mass is 461 g/mol. The van der Waals surface area contributed by atoms with Crippen LogP contribution in [0.25, 0.3) is 16.0 Å². The molecular formula is C25H27N5O2S. The summed E-state index contributed by atoms with van der Waals surface area (Å²) in [5, 5.41) is 5.71. The van der Waals surface area contributed by atoms with Gasteiger partial charge in [0.2, 0.25) is 0 Å². The van der Waals surface area contributed by atoms with Gasteiger partial charge in [0.05, 0.1) is 16.1 Å². The normalized spacial score (nSPS) is 14.5. The third-order valence-corrected chi connectivity index (χ3v) is 7.06. The van der Waals surface area contributed by atoms with Crippen LogP contribution in [0.2, 0.25) is 0 Å². The number of thiazole rings is 1. The SMILES string of the molecule is Cc1cccc(-n2nc(C)c3sc(N4CCCN(C(=O)COc5ccccc5)CC4)nc32)c1. The van der Waals surface area contributed by atoms with Gasteiger partial charge in [-0.25, -0.2) is 4.68 Å². The lowest BCUT2D eigenvalue weighted by Crippen LogP contribution is -2.38. The molecule has 3 heterocycles. The molecule has 1 fully saturated rings. The molecule has 7 nitrogen and oxygen atoms in total. The third kappa shape index (κ3) is 4.57. The van der Waals surface area contributed by atoms with Crippen LogP contribution in [-0.2, 0) is 4.79 Å². The number of carbonyl (C=O) groups is 1. The number of nitrogens with zero attached hydrogens (tertiary/aromatic N) is 5. The maximum atomic E-state index is 12.7. The lowest BCUT2D eigenvalue weighted by Gasteiger charge is -2.21. The molecule has 170 valence electrons. The van der Waals surface area contributed by atoms with E-state index in [0.29, 0.717) is 6.54 Å². The van der Waals surface area contributed by atoms with Gasteiger partial charge in [0.1, 0.15) is 5.75 Å². The topological polar surface area (TPSA) is 63.5 Å². The van der Waals surface area contributed by atoms with Crippen LogP contribution in [0.3, 0.4) is 0 Å². The second-order valence-electron chi connectivity index (χ2n) is 8.31. The Hall–Kier alpha value is -3.39. The van der Waals surface area contributed by atoms with Crippen LogP contribution in [0.5, 0.6) is 5.75 Å². The molecule has 0 bridgehead atoms. The summed E-state index contributed by atoms with van der Waals surface area (Å²) >= 11 is 1.68. The molecule has 8 heteroatoms. The van der Waals surface area contributed by atoms with Crippen LogP contribution >= 0.6 is 11.3 Å². The van der Waals surface area contributed by atoms with Crippen molar-refractivity contribution in [2.45, 2.75) is 20.3 Å². The molecule has 1 amide bonds. The average molecular weight is 462 g/mol. The molecule has 0 N–H and O–H groups in total. The van der Waals surface area contributed by atoms with Gasteiger partial charge < -0.3 is 14.5 Å². The molecule has 5 rings (SSSR count). The Bertz CT molecular complexity index is 1270. The van der Waals surface area contributed by atoms with Crippen LogP contribution in [0.1, 0.15) is 17.7 Å². The number of rotatable bonds is 5. The van der Waals surface area contributed by atoms with E-state index >= 15 is 0 Å². The van der Waals surface area contributed by atoms with E-state index in [0.717, 1.165) is 58.7 Å². The van der Waals surface area contributed by atoms with Crippen molar-refractivity contribution in [1.82, 2.24) is 19.7 Å². The first-order valence-corrected chi connectivity index (χ1v) is 12.0. The number of hydrogen-bond donors (Lipinski definition) is 0. The van der Waals surface area contributed by atoms with Gasteiger partial charge in [0, 0.05) is 26.2 Å². The number of aryl methyl sites for hydroxylation is 2. The van der Waals surface area contributed by atoms with Gasteiger partial charge in [-0.2, -0.15) is 10.1 Å². The predicted octanol–water partition coefficient (Wildman–Crippen LogP) is 4.22. The summed E-state index contributed by atoms with van der Waals surface area (Å²) in [4.78, 5) is 21.9. The molecule has 2 aromatic carbocycles. The predicted molar refractivity (Wildman–Crippen MR) is 132 cm³/mol. The van der Waals surface area contributed by atoms with Crippen molar-refractivity contribution in [2.75, 3.05) is 37.7 Å². The number of fused-ring (bicyclic) bond motifs is 1. The van der Waals surface area contributed by atoms with Gasteiger partial charge in [0.25, 0.3) is 5.91 Å². The number of para-hydroxylation sites is 1. The van der Waals surface area contributed by atoms with Gasteiger partial charge in [-0.1, -0.05) is 41.7 Å². The van der Waals surface area contributed by atoms with Gasteiger partial charge >= 0.3 is 0 Å². The number of aromatic nitrogens is 3. The number of amides is 1. The molecule has 1 aliphatic rings. The van der Waals surface area contributed by atoms with Gasteiger partial charge in [-0.3, -0.25) is 4.79 Å². The van der Waals surface area contributed by atoms with Crippen LogP contribution < -0.4 is 9.64 Å². The number of carbonyl (C=O) groups excluding carboxylic acids is 1. The van der Waals surface area contributed by atoms with Crippen molar-refractivity contribution in [2.24, 2.45) is 0 Å². The highest BCUT2D eigenvalue weighted by Crippen LogP contribution is 2.33. The van der Waals surface area contributed by atoms with Crippen molar-refractivity contribution in [3.05, 3.63) is 65.9 Å². The Morgan fingerprint density at radius 2 is 1.88 bits per heavy atom. The number of anilines is 1. The van der Waals surface area contributed by atoms with E-state index < -0.39 is 0 Å². The molecule has 0 radical (unpaired) electrons.